The standard InChI is InChI=1S/C15H15NOS/c1-13-7-9-14(10-8-13)11-12-18(17)16-15-5-3-2-4-6-15/h2-12,16H,1H3/b12-11+. The maximum Gasteiger partial charge on any atom is 0.142 e. The van der Waals surface area contributed by atoms with Crippen LogP contribution >= 0.6 is 0 Å². The number of hydrogen-bond donors (Lipinski definition) is 1. The number of nitrogens with one attached hydrogen (secondary N) is 1. The number of hydrogen-bond acceptors (Lipinski definition) is 1. The van der Waals surface area contributed by atoms with Crippen molar-refractivity contribution in [1.29, 1.82) is 0 Å². The van der Waals surface area contributed by atoms with Crippen LogP contribution in [0.25, 0.3) is 6.08 Å². The first-order valence-electron chi connectivity index (χ1n) is 5.71. The third kappa shape index (κ3) is 3.86. The van der Waals surface area contributed by atoms with Crippen LogP contribution < -0.4 is 4.72 Å². The first-order chi connectivity index (χ1) is 8.74. The molecule has 2 rings (SSSR count). The third-order valence-electron chi connectivity index (χ3n) is 2.45. The number of rotatable bonds is 4. The van der Waals surface area contributed by atoms with E-state index in [0.717, 1.165) is 11.3 Å². The van der Waals surface area contributed by atoms with Gasteiger partial charge in [-0.1, -0.05) is 48.0 Å². The maximum absolute atomic E-state index is 11.8. The van der Waals surface area contributed by atoms with Gasteiger partial charge in [-0.05, 0) is 30.7 Å². The molecule has 0 saturated carbocycles. The van der Waals surface area contributed by atoms with Crippen molar-refractivity contribution in [3.05, 3.63) is 71.1 Å². The average molecular weight is 257 g/mol. The smallest absolute Gasteiger partial charge is 0.142 e. The van der Waals surface area contributed by atoms with Crippen molar-refractivity contribution in [1.82, 2.24) is 0 Å². The highest BCUT2D eigenvalue weighted by Gasteiger charge is 1.94. The monoisotopic (exact) mass is 257 g/mol. The Hall–Kier alpha value is -1.87. The lowest BCUT2D eigenvalue weighted by molar-refractivity contribution is 0.691. The Kier molecular flexibility index (Phi) is 4.31. The van der Waals surface area contributed by atoms with E-state index in [9.17, 15) is 4.21 Å². The molecule has 0 heterocycles. The molecule has 0 aliphatic rings. The minimum Gasteiger partial charge on any atom is -0.302 e. The van der Waals surface area contributed by atoms with Gasteiger partial charge in [0, 0.05) is 11.1 Å². The Morgan fingerprint density at radius 2 is 1.67 bits per heavy atom. The second-order valence-corrected chi connectivity index (χ2v) is 5.05. The zero-order valence-corrected chi connectivity index (χ0v) is 11.0. The molecule has 18 heavy (non-hydrogen) atoms. The summed E-state index contributed by atoms with van der Waals surface area (Å²) in [5.74, 6) is 0. The van der Waals surface area contributed by atoms with Gasteiger partial charge in [0.1, 0.15) is 11.0 Å². The summed E-state index contributed by atoms with van der Waals surface area (Å²) >= 11 is 0. The van der Waals surface area contributed by atoms with E-state index >= 15 is 0 Å². The van der Waals surface area contributed by atoms with Crippen LogP contribution in [0.3, 0.4) is 0 Å². The highest BCUT2D eigenvalue weighted by atomic mass is 32.2. The van der Waals surface area contributed by atoms with Gasteiger partial charge < -0.3 is 4.72 Å². The highest BCUT2D eigenvalue weighted by Crippen LogP contribution is 2.08. The van der Waals surface area contributed by atoms with Crippen molar-refractivity contribution in [3.8, 4) is 0 Å². The maximum atomic E-state index is 11.8. The van der Waals surface area contributed by atoms with Gasteiger partial charge in [-0.3, -0.25) is 0 Å². The molecule has 1 unspecified atom stereocenters. The van der Waals surface area contributed by atoms with Crippen LogP contribution in [0.1, 0.15) is 11.1 Å². The van der Waals surface area contributed by atoms with Crippen LogP contribution in [-0.2, 0) is 11.0 Å². The van der Waals surface area contributed by atoms with E-state index < -0.39 is 11.0 Å². The van der Waals surface area contributed by atoms with Crippen LogP contribution in [0.4, 0.5) is 5.69 Å². The normalized spacial score (nSPS) is 12.5. The molecule has 0 aliphatic heterocycles. The van der Waals surface area contributed by atoms with Gasteiger partial charge >= 0.3 is 0 Å². The summed E-state index contributed by atoms with van der Waals surface area (Å²) in [6, 6.07) is 17.6. The molecule has 92 valence electrons. The summed E-state index contributed by atoms with van der Waals surface area (Å²) in [5.41, 5.74) is 3.11. The molecule has 3 heteroatoms. The van der Waals surface area contributed by atoms with Gasteiger partial charge in [0.05, 0.1) is 0 Å². The lowest BCUT2D eigenvalue weighted by Gasteiger charge is -2.01. The van der Waals surface area contributed by atoms with E-state index in [1.54, 1.807) is 5.41 Å². The van der Waals surface area contributed by atoms with E-state index in [-0.39, 0.29) is 0 Å². The molecular formula is C15H15NOS. The van der Waals surface area contributed by atoms with Gasteiger partial charge in [-0.15, -0.1) is 0 Å². The minimum absolute atomic E-state index is 0.851. The fourth-order valence-corrected chi connectivity index (χ4v) is 2.19. The van der Waals surface area contributed by atoms with Crippen LogP contribution in [0, 0.1) is 6.92 Å². The second kappa shape index (κ2) is 6.17. The summed E-state index contributed by atoms with van der Waals surface area (Å²) in [5, 5.41) is 1.65. The van der Waals surface area contributed by atoms with Crippen molar-refractivity contribution >= 4 is 22.7 Å². The Morgan fingerprint density at radius 3 is 2.33 bits per heavy atom. The molecule has 2 aromatic carbocycles. The molecule has 2 nitrogen and oxygen atoms in total. The van der Waals surface area contributed by atoms with Gasteiger partial charge in [-0.2, -0.15) is 0 Å². The number of anilines is 1. The zero-order valence-electron chi connectivity index (χ0n) is 10.2. The molecule has 2 aromatic rings. The molecule has 0 saturated heterocycles. The largest absolute Gasteiger partial charge is 0.302 e. The molecule has 0 aliphatic carbocycles. The fraction of sp³-hybridized carbons (Fsp3) is 0.0667. The molecule has 1 N–H and O–H groups in total. The van der Waals surface area contributed by atoms with Crippen LogP contribution in [0.2, 0.25) is 0 Å². The van der Waals surface area contributed by atoms with E-state index in [4.69, 9.17) is 0 Å². The molecule has 0 amide bonds. The van der Waals surface area contributed by atoms with Gasteiger partial charge in [0.25, 0.3) is 0 Å². The molecule has 1 atom stereocenters. The zero-order chi connectivity index (χ0) is 12.8. The summed E-state index contributed by atoms with van der Waals surface area (Å²) < 4.78 is 14.7. The van der Waals surface area contributed by atoms with Crippen LogP contribution in [-0.4, -0.2) is 4.21 Å². The summed E-state index contributed by atoms with van der Waals surface area (Å²) in [4.78, 5) is 0. The Balaban J connectivity index is 1.97. The Bertz CT molecular complexity index is 546. The lowest BCUT2D eigenvalue weighted by Crippen LogP contribution is -1.99. The molecular weight excluding hydrogens is 242 g/mol. The Morgan fingerprint density at radius 1 is 1.00 bits per heavy atom. The molecule has 0 aromatic heterocycles. The minimum atomic E-state index is -1.21. The van der Waals surface area contributed by atoms with Crippen molar-refractivity contribution < 1.29 is 4.21 Å². The van der Waals surface area contributed by atoms with Crippen LogP contribution in [0.15, 0.2) is 60.0 Å². The summed E-state index contributed by atoms with van der Waals surface area (Å²) in [6.45, 7) is 2.04. The van der Waals surface area contributed by atoms with Crippen LogP contribution in [0.5, 0.6) is 0 Å². The molecule has 0 radical (unpaired) electrons. The second-order valence-electron chi connectivity index (χ2n) is 3.98. The lowest BCUT2D eigenvalue weighted by atomic mass is 10.2. The first-order valence-corrected chi connectivity index (χ1v) is 6.92. The van der Waals surface area contributed by atoms with Crippen molar-refractivity contribution in [2.75, 3.05) is 4.72 Å². The van der Waals surface area contributed by atoms with Crippen molar-refractivity contribution in [2.45, 2.75) is 6.92 Å². The number of benzene rings is 2. The van der Waals surface area contributed by atoms with E-state index in [1.165, 1.54) is 5.56 Å². The van der Waals surface area contributed by atoms with Gasteiger partial charge in [0.15, 0.2) is 0 Å². The Labute approximate surface area is 110 Å². The molecule has 0 fully saturated rings. The van der Waals surface area contributed by atoms with E-state index in [2.05, 4.69) is 4.72 Å². The van der Waals surface area contributed by atoms with E-state index in [0.29, 0.717) is 0 Å². The quantitative estimate of drug-likeness (QED) is 0.888. The van der Waals surface area contributed by atoms with Crippen molar-refractivity contribution in [3.63, 3.8) is 0 Å². The molecule has 0 bridgehead atoms. The fourth-order valence-electron chi connectivity index (χ4n) is 1.47. The summed E-state index contributed by atoms with van der Waals surface area (Å²) in [7, 11) is -1.21. The third-order valence-corrected chi connectivity index (χ3v) is 3.27. The predicted molar refractivity (Wildman–Crippen MR) is 78.4 cm³/mol. The predicted octanol–water partition coefficient (Wildman–Crippen LogP) is 3.74. The average Bonchev–Trinajstić information content (AvgIpc) is 2.39. The first kappa shape index (κ1) is 12.6. The number of para-hydroxylation sites is 1. The molecule has 0 spiro atoms. The highest BCUT2D eigenvalue weighted by molar-refractivity contribution is 7.89. The topological polar surface area (TPSA) is 29.1 Å². The summed E-state index contributed by atoms with van der Waals surface area (Å²) in [6.07, 6.45) is 1.85. The van der Waals surface area contributed by atoms with E-state index in [1.807, 2.05) is 67.6 Å². The SMILES string of the molecule is Cc1ccc(/C=C/S(=O)Nc2ccccc2)cc1. The van der Waals surface area contributed by atoms with Crippen molar-refractivity contribution in [2.24, 2.45) is 0 Å². The van der Waals surface area contributed by atoms with Gasteiger partial charge in [0.2, 0.25) is 0 Å². The van der Waals surface area contributed by atoms with Gasteiger partial charge in [-0.25, -0.2) is 4.21 Å². The number of aryl methyl sites for hydroxylation is 1.